The quantitative estimate of drug-likeness (QED) is 0.465. The van der Waals surface area contributed by atoms with E-state index in [-0.39, 0.29) is 11.7 Å². The van der Waals surface area contributed by atoms with Gasteiger partial charge in [0, 0.05) is 14.5 Å². The number of carbonyl (C=O) groups is 2. The molecule has 2 amide bonds. The van der Waals surface area contributed by atoms with Gasteiger partial charge in [-0.05, 0) is 53.2 Å². The highest BCUT2D eigenvalue weighted by Gasteiger charge is 2.17. The SMILES string of the molecule is CC(NC(=O)c1ccccc1Br)C(=O)N/N=C/c1cc(Br)ccc1O. The second-order valence-electron chi connectivity index (χ2n) is 5.11. The van der Waals surface area contributed by atoms with Crippen LogP contribution in [-0.4, -0.2) is 29.2 Å². The molecule has 2 rings (SSSR count). The molecule has 2 aromatic carbocycles. The number of hydrogen-bond donors (Lipinski definition) is 3. The molecular weight excluding hydrogens is 454 g/mol. The Balaban J connectivity index is 1.94. The van der Waals surface area contributed by atoms with Crippen LogP contribution in [0.4, 0.5) is 0 Å². The molecule has 6 nitrogen and oxygen atoms in total. The van der Waals surface area contributed by atoms with Crippen LogP contribution < -0.4 is 10.7 Å². The molecular formula is C17H15Br2N3O3. The zero-order valence-electron chi connectivity index (χ0n) is 13.2. The summed E-state index contributed by atoms with van der Waals surface area (Å²) < 4.78 is 1.41. The summed E-state index contributed by atoms with van der Waals surface area (Å²) in [5.74, 6) is -0.814. The summed E-state index contributed by atoms with van der Waals surface area (Å²) in [5, 5.41) is 16.1. The van der Waals surface area contributed by atoms with Crippen LogP contribution in [0.25, 0.3) is 0 Å². The highest BCUT2D eigenvalue weighted by atomic mass is 79.9. The van der Waals surface area contributed by atoms with Crippen molar-refractivity contribution >= 4 is 49.9 Å². The zero-order chi connectivity index (χ0) is 18.4. The summed E-state index contributed by atoms with van der Waals surface area (Å²) in [6.45, 7) is 1.55. The van der Waals surface area contributed by atoms with E-state index in [0.717, 1.165) is 4.47 Å². The lowest BCUT2D eigenvalue weighted by molar-refractivity contribution is -0.122. The van der Waals surface area contributed by atoms with Gasteiger partial charge < -0.3 is 10.4 Å². The highest BCUT2D eigenvalue weighted by Crippen LogP contribution is 2.20. The van der Waals surface area contributed by atoms with Crippen molar-refractivity contribution in [3.8, 4) is 5.75 Å². The largest absolute Gasteiger partial charge is 0.507 e. The van der Waals surface area contributed by atoms with Crippen LogP contribution in [0.3, 0.4) is 0 Å². The molecule has 25 heavy (non-hydrogen) atoms. The van der Waals surface area contributed by atoms with Crippen molar-refractivity contribution < 1.29 is 14.7 Å². The number of carbonyl (C=O) groups excluding carboxylic acids is 2. The van der Waals surface area contributed by atoms with Crippen molar-refractivity contribution in [2.45, 2.75) is 13.0 Å². The number of aromatic hydroxyl groups is 1. The third-order valence-electron chi connectivity index (χ3n) is 3.23. The molecule has 0 spiro atoms. The Morgan fingerprint density at radius 3 is 2.64 bits per heavy atom. The summed E-state index contributed by atoms with van der Waals surface area (Å²) >= 11 is 6.58. The number of amides is 2. The molecule has 0 aromatic heterocycles. The number of nitrogens with one attached hydrogen (secondary N) is 2. The van der Waals surface area contributed by atoms with Gasteiger partial charge in [-0.3, -0.25) is 9.59 Å². The maximum Gasteiger partial charge on any atom is 0.262 e. The van der Waals surface area contributed by atoms with Crippen LogP contribution in [0.1, 0.15) is 22.8 Å². The molecule has 0 aliphatic rings. The number of nitrogens with zero attached hydrogens (tertiary/aromatic N) is 1. The summed E-state index contributed by atoms with van der Waals surface area (Å²) in [6.07, 6.45) is 1.32. The average Bonchev–Trinajstić information content (AvgIpc) is 2.58. The second kappa shape index (κ2) is 8.77. The number of phenols is 1. The standard InChI is InChI=1S/C17H15Br2N3O3/c1-10(21-17(25)13-4-2-3-5-14(13)19)16(24)22-20-9-11-8-12(18)6-7-15(11)23/h2-10,23H,1H3,(H,21,25)(H,22,24)/b20-9+. The Morgan fingerprint density at radius 1 is 1.20 bits per heavy atom. The minimum atomic E-state index is -0.784. The van der Waals surface area contributed by atoms with Crippen LogP contribution in [0.2, 0.25) is 0 Å². The molecule has 8 heteroatoms. The number of phenolic OH excluding ortho intramolecular Hbond substituents is 1. The maximum absolute atomic E-state index is 12.2. The van der Waals surface area contributed by atoms with Crippen molar-refractivity contribution in [3.63, 3.8) is 0 Å². The predicted molar refractivity (Wildman–Crippen MR) is 103 cm³/mol. The molecule has 1 unspecified atom stereocenters. The minimum absolute atomic E-state index is 0.0384. The lowest BCUT2D eigenvalue weighted by atomic mass is 10.2. The normalized spacial score (nSPS) is 12.0. The number of hydrogen-bond acceptors (Lipinski definition) is 4. The van der Waals surface area contributed by atoms with Gasteiger partial charge >= 0.3 is 0 Å². The van der Waals surface area contributed by atoms with Crippen molar-refractivity contribution in [1.29, 1.82) is 0 Å². The molecule has 0 saturated carbocycles. The Labute approximate surface area is 161 Å². The third-order valence-corrected chi connectivity index (χ3v) is 4.41. The fourth-order valence-corrected chi connectivity index (χ4v) is 2.72. The molecule has 0 radical (unpaired) electrons. The molecule has 0 aliphatic carbocycles. The lowest BCUT2D eigenvalue weighted by Crippen LogP contribution is -2.43. The molecule has 0 aliphatic heterocycles. The predicted octanol–water partition coefficient (Wildman–Crippen LogP) is 3.19. The highest BCUT2D eigenvalue weighted by molar-refractivity contribution is 9.10. The van der Waals surface area contributed by atoms with Crippen LogP contribution >= 0.6 is 31.9 Å². The van der Waals surface area contributed by atoms with E-state index in [9.17, 15) is 14.7 Å². The van der Waals surface area contributed by atoms with Gasteiger partial charge in [-0.15, -0.1) is 0 Å². The monoisotopic (exact) mass is 467 g/mol. The first kappa shape index (κ1) is 19.1. The van der Waals surface area contributed by atoms with E-state index in [2.05, 4.69) is 47.7 Å². The second-order valence-corrected chi connectivity index (χ2v) is 6.88. The number of halogens is 2. The Morgan fingerprint density at radius 2 is 1.92 bits per heavy atom. The Hall–Kier alpha value is -2.19. The molecule has 0 bridgehead atoms. The van der Waals surface area contributed by atoms with Crippen molar-refractivity contribution in [2.24, 2.45) is 5.10 Å². The lowest BCUT2D eigenvalue weighted by Gasteiger charge is -2.12. The molecule has 2 aromatic rings. The molecule has 130 valence electrons. The van der Waals surface area contributed by atoms with Gasteiger partial charge in [0.2, 0.25) is 0 Å². The Kier molecular flexibility index (Phi) is 6.72. The van der Waals surface area contributed by atoms with Crippen molar-refractivity contribution in [3.05, 3.63) is 62.5 Å². The fourth-order valence-electron chi connectivity index (χ4n) is 1.88. The van der Waals surface area contributed by atoms with Crippen LogP contribution in [-0.2, 0) is 4.79 Å². The fraction of sp³-hybridized carbons (Fsp3) is 0.118. The molecule has 0 heterocycles. The van der Waals surface area contributed by atoms with Crippen LogP contribution in [0, 0.1) is 0 Å². The zero-order valence-corrected chi connectivity index (χ0v) is 16.3. The van der Waals surface area contributed by atoms with Gasteiger partial charge in [0.15, 0.2) is 0 Å². The summed E-state index contributed by atoms with van der Waals surface area (Å²) in [6, 6.07) is 11.0. The van der Waals surface area contributed by atoms with Gasteiger partial charge in [0.25, 0.3) is 11.8 Å². The first-order valence-corrected chi connectivity index (χ1v) is 8.84. The van der Waals surface area contributed by atoms with E-state index >= 15 is 0 Å². The molecule has 3 N–H and O–H groups in total. The molecule has 1 atom stereocenters. The summed E-state index contributed by atoms with van der Waals surface area (Å²) in [5.41, 5.74) is 3.21. The van der Waals surface area contributed by atoms with E-state index in [1.807, 2.05) is 0 Å². The number of rotatable bonds is 5. The first-order valence-electron chi connectivity index (χ1n) is 7.25. The number of benzene rings is 2. The van der Waals surface area contributed by atoms with E-state index in [1.165, 1.54) is 12.3 Å². The maximum atomic E-state index is 12.2. The summed E-state index contributed by atoms with van der Waals surface area (Å²) in [4.78, 5) is 24.2. The topological polar surface area (TPSA) is 90.8 Å². The number of hydrazone groups is 1. The van der Waals surface area contributed by atoms with E-state index in [1.54, 1.807) is 43.3 Å². The van der Waals surface area contributed by atoms with Crippen molar-refractivity contribution in [2.75, 3.05) is 0 Å². The van der Waals surface area contributed by atoms with Crippen LogP contribution in [0.15, 0.2) is 56.5 Å². The van der Waals surface area contributed by atoms with Crippen LogP contribution in [0.5, 0.6) is 5.75 Å². The van der Waals surface area contributed by atoms with Gasteiger partial charge in [0.05, 0.1) is 11.8 Å². The van der Waals surface area contributed by atoms with Crippen molar-refractivity contribution in [1.82, 2.24) is 10.7 Å². The first-order chi connectivity index (χ1) is 11.9. The third kappa shape index (κ3) is 5.40. The van der Waals surface area contributed by atoms with E-state index in [4.69, 9.17) is 0 Å². The van der Waals surface area contributed by atoms with Gasteiger partial charge in [-0.25, -0.2) is 5.43 Å². The minimum Gasteiger partial charge on any atom is -0.507 e. The van der Waals surface area contributed by atoms with Gasteiger partial charge in [-0.1, -0.05) is 28.1 Å². The Bertz CT molecular complexity index is 825. The van der Waals surface area contributed by atoms with E-state index < -0.39 is 11.9 Å². The van der Waals surface area contributed by atoms with E-state index in [0.29, 0.717) is 15.6 Å². The average molecular weight is 469 g/mol. The molecule has 0 saturated heterocycles. The smallest absolute Gasteiger partial charge is 0.262 e. The molecule has 0 fully saturated rings. The summed E-state index contributed by atoms with van der Waals surface area (Å²) in [7, 11) is 0. The van der Waals surface area contributed by atoms with Gasteiger partial charge in [0.1, 0.15) is 11.8 Å². The van der Waals surface area contributed by atoms with Gasteiger partial charge in [-0.2, -0.15) is 5.10 Å².